The highest BCUT2D eigenvalue weighted by atomic mass is 32.2. The quantitative estimate of drug-likeness (QED) is 0.337. The van der Waals surface area contributed by atoms with Crippen LogP contribution in [-0.4, -0.2) is 22.1 Å². The first-order valence-corrected chi connectivity index (χ1v) is 9.10. The van der Waals surface area contributed by atoms with E-state index in [0.29, 0.717) is 22.3 Å². The summed E-state index contributed by atoms with van der Waals surface area (Å²) in [5.74, 6) is 0.0525. The van der Waals surface area contributed by atoms with Gasteiger partial charge in [-0.05, 0) is 41.8 Å². The fraction of sp³-hybridized carbons (Fsp3) is 0.0476. The van der Waals surface area contributed by atoms with Gasteiger partial charge in [0.05, 0.1) is 0 Å². The van der Waals surface area contributed by atoms with E-state index in [9.17, 15) is 15.3 Å². The molecular weight excluding hydrogens is 364 g/mol. The highest BCUT2D eigenvalue weighted by molar-refractivity contribution is 7.99. The Hall–Kier alpha value is -3.25. The predicted octanol–water partition coefficient (Wildman–Crippen LogP) is 4.99. The first-order valence-electron chi connectivity index (χ1n) is 8.28. The van der Waals surface area contributed by atoms with Crippen LogP contribution < -0.4 is 9.47 Å². The van der Waals surface area contributed by atoms with Crippen LogP contribution >= 0.6 is 11.8 Å². The SMILES string of the molecule is Oc1cc2c(Sc3ccccc3)c3cc4c(cc3cc2c(O)c1O)OCO4. The lowest BCUT2D eigenvalue weighted by Crippen LogP contribution is -1.92. The van der Waals surface area contributed by atoms with Gasteiger partial charge in [-0.25, -0.2) is 0 Å². The van der Waals surface area contributed by atoms with Crippen molar-refractivity contribution in [2.24, 2.45) is 0 Å². The third-order valence-corrected chi connectivity index (χ3v) is 5.74. The van der Waals surface area contributed by atoms with Gasteiger partial charge in [-0.2, -0.15) is 0 Å². The molecule has 6 heteroatoms. The van der Waals surface area contributed by atoms with Gasteiger partial charge in [0.1, 0.15) is 0 Å². The summed E-state index contributed by atoms with van der Waals surface area (Å²) in [5, 5.41) is 33.3. The van der Waals surface area contributed by atoms with E-state index in [0.717, 1.165) is 20.6 Å². The minimum Gasteiger partial charge on any atom is -0.504 e. The molecule has 4 aromatic rings. The Morgan fingerprint density at radius 3 is 2.26 bits per heavy atom. The molecule has 0 atom stereocenters. The summed E-state index contributed by atoms with van der Waals surface area (Å²) in [6.07, 6.45) is 0. The monoisotopic (exact) mass is 378 g/mol. The van der Waals surface area contributed by atoms with E-state index in [-0.39, 0.29) is 18.3 Å². The Labute approximate surface area is 158 Å². The molecule has 0 aliphatic carbocycles. The summed E-state index contributed by atoms with van der Waals surface area (Å²) in [4.78, 5) is 1.86. The zero-order valence-corrected chi connectivity index (χ0v) is 14.8. The molecule has 0 fully saturated rings. The first kappa shape index (κ1) is 16.0. The lowest BCUT2D eigenvalue weighted by molar-refractivity contribution is 0.174. The van der Waals surface area contributed by atoms with Crippen molar-refractivity contribution in [2.75, 3.05) is 6.79 Å². The van der Waals surface area contributed by atoms with Gasteiger partial charge in [-0.3, -0.25) is 0 Å². The number of phenolic OH excluding ortho intramolecular Hbond substituents is 3. The Kier molecular flexibility index (Phi) is 3.48. The highest BCUT2D eigenvalue weighted by Gasteiger charge is 2.21. The zero-order valence-electron chi connectivity index (χ0n) is 14.0. The lowest BCUT2D eigenvalue weighted by Gasteiger charge is -2.14. The molecule has 0 saturated carbocycles. The molecule has 0 unspecified atom stereocenters. The second-order valence-corrected chi connectivity index (χ2v) is 7.32. The van der Waals surface area contributed by atoms with E-state index >= 15 is 0 Å². The van der Waals surface area contributed by atoms with Crippen molar-refractivity contribution >= 4 is 33.3 Å². The topological polar surface area (TPSA) is 79.2 Å². The largest absolute Gasteiger partial charge is 0.504 e. The molecule has 1 aliphatic rings. The Bertz CT molecular complexity index is 1200. The second-order valence-electron chi connectivity index (χ2n) is 6.24. The zero-order chi connectivity index (χ0) is 18.5. The minimum absolute atomic E-state index is 0.166. The van der Waals surface area contributed by atoms with Crippen LogP contribution in [0.2, 0.25) is 0 Å². The molecule has 0 saturated heterocycles. The Balaban J connectivity index is 1.88. The molecule has 3 N–H and O–H groups in total. The van der Waals surface area contributed by atoms with Gasteiger partial charge < -0.3 is 24.8 Å². The Morgan fingerprint density at radius 1 is 0.741 bits per heavy atom. The van der Waals surface area contributed by atoms with Gasteiger partial charge in [0.25, 0.3) is 0 Å². The summed E-state index contributed by atoms with van der Waals surface area (Å²) in [7, 11) is 0. The van der Waals surface area contributed by atoms with E-state index in [1.807, 2.05) is 42.5 Å². The fourth-order valence-electron chi connectivity index (χ4n) is 3.28. The molecule has 0 spiro atoms. The van der Waals surface area contributed by atoms with E-state index in [1.54, 1.807) is 6.07 Å². The second kappa shape index (κ2) is 5.89. The van der Waals surface area contributed by atoms with Crippen LogP contribution in [0, 0.1) is 0 Å². The van der Waals surface area contributed by atoms with Crippen LogP contribution in [0.15, 0.2) is 64.4 Å². The fourth-order valence-corrected chi connectivity index (χ4v) is 4.38. The summed E-state index contributed by atoms with van der Waals surface area (Å²) in [6.45, 7) is 0.166. The summed E-state index contributed by atoms with van der Waals surface area (Å²) in [5.41, 5.74) is 0. The maximum atomic E-state index is 10.4. The van der Waals surface area contributed by atoms with Gasteiger partial charge in [-0.1, -0.05) is 30.0 Å². The summed E-state index contributed by atoms with van der Waals surface area (Å²) in [6, 6.07) is 16.8. The number of hydrogen-bond donors (Lipinski definition) is 3. The number of hydrogen-bond acceptors (Lipinski definition) is 6. The van der Waals surface area contributed by atoms with Crippen molar-refractivity contribution in [3.05, 3.63) is 54.6 Å². The van der Waals surface area contributed by atoms with E-state index in [2.05, 4.69) is 0 Å². The van der Waals surface area contributed by atoms with Crippen LogP contribution in [0.4, 0.5) is 0 Å². The maximum Gasteiger partial charge on any atom is 0.231 e. The summed E-state index contributed by atoms with van der Waals surface area (Å²) < 4.78 is 11.0. The van der Waals surface area contributed by atoms with Crippen LogP contribution in [0.5, 0.6) is 28.7 Å². The number of rotatable bonds is 2. The number of aromatic hydroxyl groups is 3. The van der Waals surface area contributed by atoms with Gasteiger partial charge >= 0.3 is 0 Å². The highest BCUT2D eigenvalue weighted by Crippen LogP contribution is 2.49. The minimum atomic E-state index is -0.529. The molecule has 1 heterocycles. The normalized spacial score (nSPS) is 12.7. The van der Waals surface area contributed by atoms with Crippen molar-refractivity contribution in [3.8, 4) is 28.7 Å². The molecule has 0 amide bonds. The maximum absolute atomic E-state index is 10.4. The molecular formula is C21H14O5S. The molecule has 5 rings (SSSR count). The molecule has 27 heavy (non-hydrogen) atoms. The number of phenols is 3. The predicted molar refractivity (Wildman–Crippen MR) is 103 cm³/mol. The average Bonchev–Trinajstić information content (AvgIpc) is 3.14. The van der Waals surface area contributed by atoms with Crippen molar-refractivity contribution in [3.63, 3.8) is 0 Å². The van der Waals surface area contributed by atoms with E-state index in [1.165, 1.54) is 17.8 Å². The Morgan fingerprint density at radius 2 is 1.48 bits per heavy atom. The molecule has 4 aromatic carbocycles. The van der Waals surface area contributed by atoms with Crippen LogP contribution in [0.25, 0.3) is 21.5 Å². The average molecular weight is 378 g/mol. The molecule has 5 nitrogen and oxygen atoms in total. The number of ether oxygens (including phenoxy) is 2. The van der Waals surface area contributed by atoms with Gasteiger partial charge in [0.15, 0.2) is 23.0 Å². The lowest BCUT2D eigenvalue weighted by atomic mass is 10.0. The van der Waals surface area contributed by atoms with Gasteiger partial charge in [0.2, 0.25) is 12.5 Å². The standard InChI is InChI=1S/C21H14O5S/c22-16-8-15-14(19(23)20(16)24)6-11-7-17-18(26-10-25-17)9-13(11)21(15)27-12-4-2-1-3-5-12/h1-9,22-24H,10H2. The van der Waals surface area contributed by atoms with Gasteiger partial charge in [-0.15, -0.1) is 0 Å². The van der Waals surface area contributed by atoms with E-state index < -0.39 is 5.75 Å². The molecule has 0 aromatic heterocycles. The summed E-state index contributed by atoms with van der Waals surface area (Å²) >= 11 is 1.52. The number of fused-ring (bicyclic) bond motifs is 3. The molecule has 134 valence electrons. The third kappa shape index (κ3) is 2.49. The molecule has 0 bridgehead atoms. The van der Waals surface area contributed by atoms with Gasteiger partial charge in [0, 0.05) is 25.9 Å². The van der Waals surface area contributed by atoms with Crippen LogP contribution in [0.3, 0.4) is 0 Å². The van der Waals surface area contributed by atoms with Crippen LogP contribution in [-0.2, 0) is 0 Å². The first-order chi connectivity index (χ1) is 13.1. The third-order valence-electron chi connectivity index (χ3n) is 4.59. The van der Waals surface area contributed by atoms with Crippen molar-refractivity contribution < 1.29 is 24.8 Å². The number of benzene rings is 4. The molecule has 1 aliphatic heterocycles. The van der Waals surface area contributed by atoms with Crippen LogP contribution in [0.1, 0.15) is 0 Å². The van der Waals surface area contributed by atoms with Crippen molar-refractivity contribution in [1.29, 1.82) is 0 Å². The van der Waals surface area contributed by atoms with E-state index in [4.69, 9.17) is 9.47 Å². The van der Waals surface area contributed by atoms with Crippen molar-refractivity contribution in [1.82, 2.24) is 0 Å². The van der Waals surface area contributed by atoms with Crippen molar-refractivity contribution in [2.45, 2.75) is 9.79 Å². The smallest absolute Gasteiger partial charge is 0.231 e. The molecule has 0 radical (unpaired) electrons.